The summed E-state index contributed by atoms with van der Waals surface area (Å²) in [7, 11) is 1.08. The minimum atomic E-state index is -1.37. The summed E-state index contributed by atoms with van der Waals surface area (Å²) in [4.78, 5) is 69.3. The van der Waals surface area contributed by atoms with Crippen LogP contribution in [0, 0.1) is 34.9 Å². The Morgan fingerprint density at radius 3 is 2.51 bits per heavy atom. The van der Waals surface area contributed by atoms with Crippen LogP contribution >= 0.6 is 11.6 Å². The van der Waals surface area contributed by atoms with Crippen LogP contribution in [0.5, 0.6) is 11.5 Å². The number of methoxy groups -OCH3 is 1. The van der Waals surface area contributed by atoms with E-state index < -0.39 is 70.5 Å². The third-order valence-corrected chi connectivity index (χ3v) is 9.70. The molecule has 6 atom stereocenters. The van der Waals surface area contributed by atoms with Crippen LogP contribution in [0.15, 0.2) is 48.0 Å². The molecule has 2 aliphatic heterocycles. The quantitative estimate of drug-likeness (QED) is 0.393. The van der Waals surface area contributed by atoms with Crippen LogP contribution in [0.25, 0.3) is 0 Å². The van der Waals surface area contributed by atoms with Crippen LogP contribution < -0.4 is 9.64 Å². The molecule has 6 rings (SSSR count). The van der Waals surface area contributed by atoms with Gasteiger partial charge in [0.15, 0.2) is 11.5 Å². The van der Waals surface area contributed by atoms with Crippen LogP contribution in [0.2, 0.25) is 5.02 Å². The summed E-state index contributed by atoms with van der Waals surface area (Å²) in [5.74, 6) is -7.26. The minimum Gasteiger partial charge on any atom is -0.504 e. The molecule has 12 heteroatoms. The van der Waals surface area contributed by atoms with Gasteiger partial charge >= 0.3 is 6.09 Å². The van der Waals surface area contributed by atoms with E-state index in [0.29, 0.717) is 16.0 Å². The zero-order valence-corrected chi connectivity index (χ0v) is 24.3. The smallest absolute Gasteiger partial charge is 0.423 e. The lowest BCUT2D eigenvalue weighted by Crippen LogP contribution is -2.49. The van der Waals surface area contributed by atoms with Crippen molar-refractivity contribution < 1.29 is 42.9 Å². The Morgan fingerprint density at radius 1 is 1.09 bits per heavy atom. The number of ether oxygens (including phenoxy) is 2. The van der Waals surface area contributed by atoms with Crippen molar-refractivity contribution in [2.24, 2.45) is 29.1 Å². The third-order valence-electron chi connectivity index (χ3n) is 9.41. The molecule has 0 aromatic heterocycles. The number of carbonyl (C=O) groups is 5. The fraction of sp³-hybridized carbons (Fsp3) is 0.387. The average molecular weight is 611 g/mol. The molecular formula is C31H28ClFN2O8. The monoisotopic (exact) mass is 610 g/mol. The molecule has 2 aromatic carbocycles. The Morgan fingerprint density at radius 2 is 1.84 bits per heavy atom. The number of benzene rings is 2. The first-order valence-electron chi connectivity index (χ1n) is 13.9. The molecule has 2 heterocycles. The van der Waals surface area contributed by atoms with E-state index in [0.717, 1.165) is 18.1 Å². The Bertz CT molecular complexity index is 1640. The van der Waals surface area contributed by atoms with Gasteiger partial charge in [0.2, 0.25) is 23.6 Å². The normalized spacial score (nSPS) is 29.7. The summed E-state index contributed by atoms with van der Waals surface area (Å²) in [6.07, 6.45) is 0.948. The van der Waals surface area contributed by atoms with Gasteiger partial charge in [0.05, 0.1) is 47.6 Å². The maximum absolute atomic E-state index is 14.4. The highest BCUT2D eigenvalue weighted by Gasteiger charge is 2.68. The van der Waals surface area contributed by atoms with Gasteiger partial charge in [-0.25, -0.2) is 14.1 Å². The van der Waals surface area contributed by atoms with Crippen LogP contribution in [0.4, 0.5) is 14.9 Å². The van der Waals surface area contributed by atoms with Crippen LogP contribution in [-0.4, -0.2) is 53.4 Å². The molecule has 0 unspecified atom stereocenters. The fourth-order valence-corrected chi connectivity index (χ4v) is 7.69. The van der Waals surface area contributed by atoms with Crippen molar-refractivity contribution in [2.75, 3.05) is 18.6 Å². The van der Waals surface area contributed by atoms with Gasteiger partial charge in [-0.15, -0.1) is 0 Å². The fourth-order valence-electron chi connectivity index (χ4n) is 7.52. The van der Waals surface area contributed by atoms with E-state index in [1.807, 2.05) is 6.08 Å². The van der Waals surface area contributed by atoms with Crippen LogP contribution in [-0.2, 0) is 23.9 Å². The molecule has 2 saturated heterocycles. The molecule has 43 heavy (non-hydrogen) atoms. The summed E-state index contributed by atoms with van der Waals surface area (Å²) in [6, 6.07) is 8.28. The van der Waals surface area contributed by atoms with Crippen molar-refractivity contribution in [1.82, 2.24) is 4.90 Å². The molecule has 1 saturated carbocycles. The number of halogens is 2. The molecule has 10 nitrogen and oxygen atoms in total. The van der Waals surface area contributed by atoms with Gasteiger partial charge in [0.25, 0.3) is 0 Å². The Labute approximate surface area is 251 Å². The van der Waals surface area contributed by atoms with Crippen LogP contribution in [0.1, 0.15) is 38.2 Å². The van der Waals surface area contributed by atoms with Crippen LogP contribution in [0.3, 0.4) is 0 Å². The highest BCUT2D eigenvalue weighted by molar-refractivity contribution is 6.31. The van der Waals surface area contributed by atoms with E-state index in [1.54, 1.807) is 26.0 Å². The van der Waals surface area contributed by atoms with E-state index in [9.17, 15) is 33.5 Å². The number of phenolic OH excluding ortho intramolecular Hbond substituents is 1. The van der Waals surface area contributed by atoms with Gasteiger partial charge < -0.3 is 14.6 Å². The number of allylic oxidation sites excluding steroid dienone is 2. The summed E-state index contributed by atoms with van der Waals surface area (Å²) in [5.41, 5.74) is -0.0253. The number of hydrogen-bond acceptors (Lipinski definition) is 8. The summed E-state index contributed by atoms with van der Waals surface area (Å²) in [6.45, 7) is 3.70. The predicted octanol–water partition coefficient (Wildman–Crippen LogP) is 4.58. The van der Waals surface area contributed by atoms with E-state index in [1.165, 1.54) is 18.2 Å². The Hall–Kier alpha value is -4.25. The predicted molar refractivity (Wildman–Crippen MR) is 150 cm³/mol. The lowest BCUT2D eigenvalue weighted by Gasteiger charge is -2.49. The van der Waals surface area contributed by atoms with Gasteiger partial charge in [0, 0.05) is 5.92 Å². The number of amides is 5. The molecule has 2 aliphatic carbocycles. The van der Waals surface area contributed by atoms with Crippen molar-refractivity contribution in [3.8, 4) is 11.5 Å². The van der Waals surface area contributed by atoms with Crippen molar-refractivity contribution in [3.05, 3.63) is 64.5 Å². The SMILES string of the molecule is CCOc1cc([C@H]2C3=CC[C@@H]4C(=O)N(C(=O)OC)C(=O)[C@@H]4[C@@H]3C[C@H]3C(=O)N(c4ccc(F)c(Cl)c4)C(=O)[C@@]23C)ccc1O. The first-order valence-corrected chi connectivity index (χ1v) is 14.3. The molecular weight excluding hydrogens is 583 g/mol. The number of rotatable bonds is 4. The number of phenols is 1. The average Bonchev–Trinajstić information content (AvgIpc) is 3.35. The molecule has 0 bridgehead atoms. The van der Waals surface area contributed by atoms with Gasteiger partial charge in [-0.1, -0.05) is 29.3 Å². The number of hydrogen-bond donors (Lipinski definition) is 1. The summed E-state index contributed by atoms with van der Waals surface area (Å²) >= 11 is 6.02. The number of fused-ring (bicyclic) bond motifs is 4. The molecule has 0 spiro atoms. The first kappa shape index (κ1) is 28.9. The Balaban J connectivity index is 1.53. The number of aromatic hydroxyl groups is 1. The highest BCUT2D eigenvalue weighted by atomic mass is 35.5. The lowest BCUT2D eigenvalue weighted by molar-refractivity contribution is -0.138. The van der Waals surface area contributed by atoms with Crippen molar-refractivity contribution in [3.63, 3.8) is 0 Å². The van der Waals surface area contributed by atoms with Crippen molar-refractivity contribution >= 4 is 47.0 Å². The second-order valence-electron chi connectivity index (χ2n) is 11.4. The zero-order chi connectivity index (χ0) is 31.0. The third kappa shape index (κ3) is 4.01. The number of nitrogens with zero attached hydrogens (tertiary/aromatic N) is 2. The molecule has 2 aromatic rings. The topological polar surface area (TPSA) is 131 Å². The molecule has 4 aliphatic rings. The van der Waals surface area contributed by atoms with E-state index >= 15 is 0 Å². The van der Waals surface area contributed by atoms with Gasteiger partial charge in [0.1, 0.15) is 5.82 Å². The minimum absolute atomic E-state index is 0.0560. The first-order chi connectivity index (χ1) is 20.4. The second-order valence-corrected chi connectivity index (χ2v) is 11.8. The highest BCUT2D eigenvalue weighted by Crippen LogP contribution is 2.64. The van der Waals surface area contributed by atoms with Crippen molar-refractivity contribution in [1.29, 1.82) is 0 Å². The summed E-state index contributed by atoms with van der Waals surface area (Å²) in [5, 5.41) is 10.2. The van der Waals surface area contributed by atoms with E-state index in [-0.39, 0.29) is 41.7 Å². The number of anilines is 1. The molecule has 1 N–H and O–H groups in total. The van der Waals surface area contributed by atoms with Gasteiger partial charge in [-0.3, -0.25) is 19.2 Å². The van der Waals surface area contributed by atoms with Gasteiger partial charge in [-0.2, -0.15) is 4.90 Å². The molecule has 3 fully saturated rings. The standard InChI is InChI=1S/C31H28ClFN2O8/c1-4-43-23-11-14(5-10-22(23)36)25-16-7-8-17-24(28(39)35(26(17)37)30(41)42-3)18(16)13-19-27(38)34(29(40)31(19,25)2)15-6-9-21(33)20(32)12-15/h5-7,9-12,17-19,24-25,36H,4,8,13H2,1-3H3/t17-,18+,19-,24-,25-,31+/m0/s1. The Kier molecular flexibility index (Phi) is 6.83. The lowest BCUT2D eigenvalue weighted by atomic mass is 9.51. The number of imide groups is 4. The van der Waals surface area contributed by atoms with Crippen molar-refractivity contribution in [2.45, 2.75) is 32.6 Å². The zero-order valence-electron chi connectivity index (χ0n) is 23.5. The number of carbonyl (C=O) groups excluding carboxylic acids is 5. The number of likely N-dealkylation sites (tertiary alicyclic amines) is 1. The molecule has 0 radical (unpaired) electrons. The van der Waals surface area contributed by atoms with E-state index in [4.69, 9.17) is 21.1 Å². The summed E-state index contributed by atoms with van der Waals surface area (Å²) < 4.78 is 24.3. The second kappa shape index (κ2) is 10.2. The largest absolute Gasteiger partial charge is 0.504 e. The molecule has 224 valence electrons. The maximum atomic E-state index is 14.4. The maximum Gasteiger partial charge on any atom is 0.423 e. The molecule has 5 amide bonds. The van der Waals surface area contributed by atoms with Gasteiger partial charge in [-0.05, 0) is 68.5 Å². The van der Waals surface area contributed by atoms with E-state index in [2.05, 4.69) is 0 Å².